The summed E-state index contributed by atoms with van der Waals surface area (Å²) in [7, 11) is 0. The van der Waals surface area contributed by atoms with Crippen LogP contribution < -0.4 is 5.32 Å². The quantitative estimate of drug-likeness (QED) is 0.752. The van der Waals surface area contributed by atoms with Crippen LogP contribution in [-0.4, -0.2) is 41.5 Å². The number of carbonyl (C=O) groups is 2. The maximum atomic E-state index is 12.0. The van der Waals surface area contributed by atoms with Gasteiger partial charge in [0.2, 0.25) is 5.91 Å². The number of halogens is 4. The van der Waals surface area contributed by atoms with Gasteiger partial charge < -0.3 is 10.4 Å². The molecule has 2 rings (SSSR count). The Kier molecular flexibility index (Phi) is 7.90. The molecule has 1 saturated heterocycles. The van der Waals surface area contributed by atoms with Crippen LogP contribution >= 0.6 is 47.2 Å². The molecule has 0 radical (unpaired) electrons. The van der Waals surface area contributed by atoms with Gasteiger partial charge in [-0.15, -0.1) is 12.4 Å². The fourth-order valence-corrected chi connectivity index (χ4v) is 2.94. The summed E-state index contributed by atoms with van der Waals surface area (Å²) >= 11 is 17.7. The number of hydrogen-bond acceptors (Lipinski definition) is 3. The van der Waals surface area contributed by atoms with E-state index in [1.165, 1.54) is 12.1 Å². The van der Waals surface area contributed by atoms with Gasteiger partial charge in [-0.25, -0.2) is 0 Å². The Bertz CT molecular complexity index is 590. The predicted octanol–water partition coefficient (Wildman–Crippen LogP) is 3.80. The Morgan fingerprint density at radius 2 is 1.70 bits per heavy atom. The Morgan fingerprint density at radius 3 is 2.26 bits per heavy atom. The van der Waals surface area contributed by atoms with Gasteiger partial charge in [-0.05, 0) is 38.1 Å². The molecule has 1 fully saturated rings. The summed E-state index contributed by atoms with van der Waals surface area (Å²) in [6.07, 6.45) is 1.10. The number of aliphatic carboxylic acids is 1. The van der Waals surface area contributed by atoms with Crippen LogP contribution in [0.25, 0.3) is 0 Å². The maximum absolute atomic E-state index is 12.0. The highest BCUT2D eigenvalue weighted by Crippen LogP contribution is 2.32. The number of carbonyl (C=O) groups excluding carboxylic acids is 1. The van der Waals surface area contributed by atoms with Crippen LogP contribution in [0.4, 0.5) is 5.69 Å². The summed E-state index contributed by atoms with van der Waals surface area (Å²) in [4.78, 5) is 24.8. The summed E-state index contributed by atoms with van der Waals surface area (Å²) in [5, 5.41) is 12.6. The molecule has 0 aliphatic carbocycles. The Balaban J connectivity index is 0.00000264. The third-order valence-corrected chi connectivity index (χ3v) is 4.62. The summed E-state index contributed by atoms with van der Waals surface area (Å²) in [5.74, 6) is -1.32. The average Bonchev–Trinajstić information content (AvgIpc) is 2.45. The average molecular weight is 402 g/mol. The number of likely N-dealkylation sites (tertiary alicyclic amines) is 1. The van der Waals surface area contributed by atoms with Crippen molar-refractivity contribution in [3.8, 4) is 0 Å². The smallest absolute Gasteiger partial charge is 0.306 e. The fourth-order valence-electron chi connectivity index (χ4n) is 2.35. The topological polar surface area (TPSA) is 69.6 Å². The van der Waals surface area contributed by atoms with E-state index in [1.807, 2.05) is 4.90 Å². The molecule has 23 heavy (non-hydrogen) atoms. The van der Waals surface area contributed by atoms with Crippen molar-refractivity contribution in [3.63, 3.8) is 0 Å². The van der Waals surface area contributed by atoms with Crippen molar-refractivity contribution in [2.24, 2.45) is 5.92 Å². The van der Waals surface area contributed by atoms with E-state index in [9.17, 15) is 9.59 Å². The second-order valence-corrected chi connectivity index (χ2v) is 6.40. The van der Waals surface area contributed by atoms with E-state index in [0.29, 0.717) is 46.7 Å². The van der Waals surface area contributed by atoms with Gasteiger partial charge in [-0.3, -0.25) is 14.5 Å². The molecule has 0 atom stereocenters. The minimum absolute atomic E-state index is 0. The predicted molar refractivity (Wildman–Crippen MR) is 94.1 cm³/mol. The van der Waals surface area contributed by atoms with Gasteiger partial charge in [0.15, 0.2) is 0 Å². The van der Waals surface area contributed by atoms with Gasteiger partial charge in [0.25, 0.3) is 0 Å². The molecule has 1 aliphatic heterocycles. The van der Waals surface area contributed by atoms with E-state index in [0.717, 1.165) is 0 Å². The van der Waals surface area contributed by atoms with Crippen LogP contribution in [0, 0.1) is 5.92 Å². The Labute approximate surface area is 155 Å². The van der Waals surface area contributed by atoms with Crippen LogP contribution in [0.15, 0.2) is 12.1 Å². The highest BCUT2D eigenvalue weighted by atomic mass is 35.5. The number of piperidine rings is 1. The zero-order valence-corrected chi connectivity index (χ0v) is 15.1. The lowest BCUT2D eigenvalue weighted by Crippen LogP contribution is -2.40. The third-order valence-electron chi connectivity index (χ3n) is 3.59. The third kappa shape index (κ3) is 5.69. The molecule has 0 bridgehead atoms. The normalized spacial score (nSPS) is 15.8. The number of nitrogens with one attached hydrogen (secondary N) is 1. The number of anilines is 1. The minimum atomic E-state index is -0.772. The standard InChI is InChI=1S/C14H15Cl3N2O3.ClH/c15-9-5-11(17)12(6-10(9)16)18-13(20)7-19-3-1-8(2-4-19)14(21)22;/h5-6,8H,1-4,7H2,(H,18,20)(H,21,22);1H. The van der Waals surface area contributed by atoms with Crippen LogP contribution in [-0.2, 0) is 9.59 Å². The summed E-state index contributed by atoms with van der Waals surface area (Å²) in [5.41, 5.74) is 0.404. The molecular formula is C14H16Cl4N2O3. The minimum Gasteiger partial charge on any atom is -0.481 e. The number of nitrogens with zero attached hydrogens (tertiary/aromatic N) is 1. The summed E-state index contributed by atoms with van der Waals surface area (Å²) in [6, 6.07) is 2.97. The zero-order valence-electron chi connectivity index (χ0n) is 12.0. The molecule has 0 spiro atoms. The second-order valence-electron chi connectivity index (χ2n) is 5.18. The van der Waals surface area contributed by atoms with Crippen molar-refractivity contribution in [2.45, 2.75) is 12.8 Å². The number of rotatable bonds is 4. The lowest BCUT2D eigenvalue weighted by molar-refractivity contribution is -0.143. The molecule has 1 aliphatic rings. The van der Waals surface area contributed by atoms with Gasteiger partial charge in [-0.2, -0.15) is 0 Å². The van der Waals surface area contributed by atoms with Crippen molar-refractivity contribution in [1.29, 1.82) is 0 Å². The van der Waals surface area contributed by atoms with E-state index in [1.54, 1.807) is 0 Å². The number of amides is 1. The lowest BCUT2D eigenvalue weighted by Gasteiger charge is -2.29. The molecule has 1 aromatic carbocycles. The first-order valence-electron chi connectivity index (χ1n) is 6.76. The molecule has 1 heterocycles. The van der Waals surface area contributed by atoms with Crippen molar-refractivity contribution in [3.05, 3.63) is 27.2 Å². The van der Waals surface area contributed by atoms with Gasteiger partial charge in [-0.1, -0.05) is 34.8 Å². The van der Waals surface area contributed by atoms with Crippen LogP contribution in [0.1, 0.15) is 12.8 Å². The van der Waals surface area contributed by atoms with Crippen molar-refractivity contribution in [1.82, 2.24) is 4.90 Å². The van der Waals surface area contributed by atoms with Crippen molar-refractivity contribution in [2.75, 3.05) is 25.0 Å². The molecule has 0 unspecified atom stereocenters. The number of carboxylic acids is 1. The van der Waals surface area contributed by atoms with E-state index >= 15 is 0 Å². The maximum Gasteiger partial charge on any atom is 0.306 e. The number of carboxylic acid groups (broad SMARTS) is 1. The van der Waals surface area contributed by atoms with E-state index in [-0.39, 0.29) is 30.8 Å². The molecule has 1 aromatic rings. The zero-order chi connectivity index (χ0) is 16.3. The molecule has 2 N–H and O–H groups in total. The first kappa shape index (κ1) is 20.3. The summed E-state index contributed by atoms with van der Waals surface area (Å²) in [6.45, 7) is 1.35. The second kappa shape index (κ2) is 8.94. The molecular weight excluding hydrogens is 386 g/mol. The van der Waals surface area contributed by atoms with E-state index in [4.69, 9.17) is 39.9 Å². The highest BCUT2D eigenvalue weighted by Gasteiger charge is 2.25. The van der Waals surface area contributed by atoms with E-state index < -0.39 is 5.97 Å². The molecule has 5 nitrogen and oxygen atoms in total. The number of hydrogen-bond donors (Lipinski definition) is 2. The van der Waals surface area contributed by atoms with Crippen LogP contribution in [0.2, 0.25) is 15.1 Å². The molecule has 1 amide bonds. The lowest BCUT2D eigenvalue weighted by atomic mass is 9.97. The summed E-state index contributed by atoms with van der Waals surface area (Å²) < 4.78 is 0. The van der Waals surface area contributed by atoms with Crippen molar-refractivity contribution >= 4 is 64.8 Å². The van der Waals surface area contributed by atoms with Crippen molar-refractivity contribution < 1.29 is 14.7 Å². The SMILES string of the molecule is Cl.O=C(CN1CCC(C(=O)O)CC1)Nc1cc(Cl)c(Cl)cc1Cl. The largest absolute Gasteiger partial charge is 0.481 e. The molecule has 9 heteroatoms. The molecule has 0 saturated carbocycles. The first-order valence-corrected chi connectivity index (χ1v) is 7.89. The van der Waals surface area contributed by atoms with Gasteiger partial charge in [0.1, 0.15) is 0 Å². The first-order chi connectivity index (χ1) is 10.4. The Morgan fingerprint density at radius 1 is 1.13 bits per heavy atom. The fraction of sp³-hybridized carbons (Fsp3) is 0.429. The van der Waals surface area contributed by atoms with Crippen LogP contribution in [0.5, 0.6) is 0 Å². The van der Waals surface area contributed by atoms with Gasteiger partial charge >= 0.3 is 5.97 Å². The monoisotopic (exact) mass is 400 g/mol. The molecule has 0 aromatic heterocycles. The number of benzene rings is 1. The van der Waals surface area contributed by atoms with E-state index in [2.05, 4.69) is 5.32 Å². The molecule has 128 valence electrons. The van der Waals surface area contributed by atoms with Gasteiger partial charge in [0, 0.05) is 0 Å². The van der Waals surface area contributed by atoms with Crippen LogP contribution in [0.3, 0.4) is 0 Å². The highest BCUT2D eigenvalue weighted by molar-refractivity contribution is 6.44. The Hall–Kier alpha value is -0.720. The van der Waals surface area contributed by atoms with Gasteiger partial charge in [0.05, 0.1) is 33.2 Å².